The number of quaternary nitrogens is 1. The molecule has 0 amide bonds. The lowest BCUT2D eigenvalue weighted by molar-refractivity contribution is -0.633. The van der Waals surface area contributed by atoms with Gasteiger partial charge in [-0.2, -0.15) is 0 Å². The lowest BCUT2D eigenvalue weighted by Gasteiger charge is -2.05. The number of hydrogen-bond acceptors (Lipinski definition) is 2. The number of rotatable bonds is 1. The van der Waals surface area contributed by atoms with Crippen molar-refractivity contribution in [2.75, 3.05) is 0 Å². The predicted molar refractivity (Wildman–Crippen MR) is 38.3 cm³/mol. The maximum Gasteiger partial charge on any atom is 0.152 e. The van der Waals surface area contributed by atoms with Crippen LogP contribution in [0.2, 0.25) is 0 Å². The minimum absolute atomic E-state index is 0.336. The van der Waals surface area contributed by atoms with Gasteiger partial charge in [0.2, 0.25) is 0 Å². The van der Waals surface area contributed by atoms with Crippen LogP contribution in [0.3, 0.4) is 0 Å². The summed E-state index contributed by atoms with van der Waals surface area (Å²) >= 11 is 0. The van der Waals surface area contributed by atoms with Crippen LogP contribution in [0.5, 0.6) is 0 Å². The van der Waals surface area contributed by atoms with Crippen molar-refractivity contribution in [2.24, 2.45) is 5.92 Å². The Hall–Kier alpha value is -0.830. The van der Waals surface area contributed by atoms with Gasteiger partial charge in [0.05, 0.1) is 6.04 Å². The van der Waals surface area contributed by atoms with Gasteiger partial charge in [-0.25, -0.2) is 0 Å². The fourth-order valence-electron chi connectivity index (χ4n) is 1.41. The van der Waals surface area contributed by atoms with Crippen LogP contribution in [0.25, 0.3) is 0 Å². The average molecular weight is 155 g/mol. The maximum atomic E-state index is 10.5. The first kappa shape index (κ1) is 8.27. The first-order valence-electron chi connectivity index (χ1n) is 3.81. The highest BCUT2D eigenvalue weighted by Crippen LogP contribution is 2.18. The highest BCUT2D eigenvalue weighted by Gasteiger charge is 2.30. The van der Waals surface area contributed by atoms with Gasteiger partial charge in [-0.15, -0.1) is 0 Å². The highest BCUT2D eigenvalue weighted by molar-refractivity contribution is 5.82. The zero-order chi connectivity index (χ0) is 8.59. The van der Waals surface area contributed by atoms with Gasteiger partial charge in [0.25, 0.3) is 0 Å². The van der Waals surface area contributed by atoms with Crippen molar-refractivity contribution in [3.05, 3.63) is 11.3 Å². The molecule has 0 aromatic carbocycles. The monoisotopic (exact) mass is 155 g/mol. The summed E-state index contributed by atoms with van der Waals surface area (Å²) in [7, 11) is 0. The molecule has 1 rings (SSSR count). The summed E-state index contributed by atoms with van der Waals surface area (Å²) in [5.74, 6) is -0.693. The van der Waals surface area contributed by atoms with E-state index in [1.807, 2.05) is 20.8 Å². The van der Waals surface area contributed by atoms with E-state index in [-0.39, 0.29) is 0 Å². The molecule has 3 heteroatoms. The minimum atomic E-state index is -1.04. The van der Waals surface area contributed by atoms with Crippen molar-refractivity contribution in [3.63, 3.8) is 0 Å². The van der Waals surface area contributed by atoms with Gasteiger partial charge in [0.1, 0.15) is 5.97 Å². The molecule has 1 aliphatic rings. The molecule has 0 saturated carbocycles. The normalized spacial score (nSPS) is 31.2. The summed E-state index contributed by atoms with van der Waals surface area (Å²) in [6.07, 6.45) is 0. The second kappa shape index (κ2) is 2.66. The SMILES string of the molecule is CC1=C(C(=O)[O-])[NH2+]C(C)C1C. The summed E-state index contributed by atoms with van der Waals surface area (Å²) in [6.45, 7) is 5.91. The van der Waals surface area contributed by atoms with Gasteiger partial charge in [0.15, 0.2) is 5.70 Å². The number of carbonyl (C=O) groups is 1. The molecule has 11 heavy (non-hydrogen) atoms. The number of nitrogens with two attached hydrogens (primary N) is 1. The molecule has 0 aliphatic carbocycles. The molecule has 0 aromatic heterocycles. The Morgan fingerprint density at radius 2 is 2.09 bits per heavy atom. The Morgan fingerprint density at radius 3 is 2.27 bits per heavy atom. The van der Waals surface area contributed by atoms with Crippen molar-refractivity contribution in [1.29, 1.82) is 0 Å². The number of carbonyl (C=O) groups excluding carboxylic acids is 1. The lowest BCUT2D eigenvalue weighted by atomic mass is 9.99. The third-order valence-corrected chi connectivity index (χ3v) is 2.55. The molecule has 2 unspecified atom stereocenters. The summed E-state index contributed by atoms with van der Waals surface area (Å²) in [5.41, 5.74) is 1.34. The second-order valence-corrected chi connectivity index (χ2v) is 3.20. The molecule has 3 nitrogen and oxygen atoms in total. The van der Waals surface area contributed by atoms with Crippen molar-refractivity contribution in [2.45, 2.75) is 26.8 Å². The van der Waals surface area contributed by atoms with Crippen LogP contribution in [-0.2, 0) is 4.79 Å². The Bertz CT molecular complexity index is 220. The summed E-state index contributed by atoms with van der Waals surface area (Å²) in [4.78, 5) is 10.5. The smallest absolute Gasteiger partial charge is 0.152 e. The molecule has 2 atom stereocenters. The molecular formula is C8H13NO2. The summed E-state index contributed by atoms with van der Waals surface area (Å²) in [5, 5.41) is 12.3. The fraction of sp³-hybridized carbons (Fsp3) is 0.625. The molecular weight excluding hydrogens is 142 g/mol. The molecule has 0 spiro atoms. The van der Waals surface area contributed by atoms with Crippen molar-refractivity contribution in [1.82, 2.24) is 0 Å². The van der Waals surface area contributed by atoms with Gasteiger partial charge < -0.3 is 15.2 Å². The number of carboxylic acid groups (broad SMARTS) is 1. The van der Waals surface area contributed by atoms with Crippen molar-refractivity contribution >= 4 is 5.97 Å². The van der Waals surface area contributed by atoms with Crippen LogP contribution in [0.1, 0.15) is 20.8 Å². The minimum Gasteiger partial charge on any atom is -0.540 e. The van der Waals surface area contributed by atoms with E-state index in [4.69, 9.17) is 0 Å². The predicted octanol–water partition coefficient (Wildman–Crippen LogP) is -1.39. The summed E-state index contributed by atoms with van der Waals surface area (Å²) in [6, 6.07) is 0.336. The van der Waals surface area contributed by atoms with Crippen LogP contribution < -0.4 is 10.4 Å². The molecule has 1 heterocycles. The van der Waals surface area contributed by atoms with E-state index < -0.39 is 5.97 Å². The maximum absolute atomic E-state index is 10.5. The molecule has 0 radical (unpaired) electrons. The molecule has 0 fully saturated rings. The Kier molecular flexibility index (Phi) is 2.00. The quantitative estimate of drug-likeness (QED) is 0.507. The zero-order valence-corrected chi connectivity index (χ0v) is 7.05. The standard InChI is InChI=1S/C8H13NO2/c1-4-5(2)7(8(10)11)9-6(4)3/h4,6,9H,1-3H3,(H,10,11). The summed E-state index contributed by atoms with van der Waals surface area (Å²) < 4.78 is 0. The van der Waals surface area contributed by atoms with Gasteiger partial charge in [-0.1, -0.05) is 6.92 Å². The number of hydrogen-bond donors (Lipinski definition) is 1. The molecule has 1 aliphatic heterocycles. The average Bonchev–Trinajstić information content (AvgIpc) is 2.17. The zero-order valence-electron chi connectivity index (χ0n) is 7.05. The fourth-order valence-corrected chi connectivity index (χ4v) is 1.41. The molecule has 0 bridgehead atoms. The van der Waals surface area contributed by atoms with E-state index in [9.17, 15) is 9.90 Å². The molecule has 62 valence electrons. The van der Waals surface area contributed by atoms with E-state index >= 15 is 0 Å². The molecule has 0 saturated heterocycles. The van der Waals surface area contributed by atoms with Gasteiger partial charge >= 0.3 is 0 Å². The number of carboxylic acids is 1. The van der Waals surface area contributed by atoms with E-state index in [2.05, 4.69) is 0 Å². The van der Waals surface area contributed by atoms with Gasteiger partial charge in [0, 0.05) is 5.92 Å². The van der Waals surface area contributed by atoms with Crippen LogP contribution >= 0.6 is 0 Å². The first-order chi connectivity index (χ1) is 5.04. The Balaban J connectivity index is 2.89. The Labute approximate surface area is 66.1 Å². The van der Waals surface area contributed by atoms with Crippen LogP contribution in [0.4, 0.5) is 0 Å². The molecule has 0 aromatic rings. The number of aliphatic carboxylic acids is 1. The van der Waals surface area contributed by atoms with E-state index in [0.717, 1.165) is 5.57 Å². The van der Waals surface area contributed by atoms with Gasteiger partial charge in [-0.3, -0.25) is 0 Å². The highest BCUT2D eigenvalue weighted by atomic mass is 16.4. The molecule has 2 N–H and O–H groups in total. The third-order valence-electron chi connectivity index (χ3n) is 2.55. The topological polar surface area (TPSA) is 56.7 Å². The van der Waals surface area contributed by atoms with Crippen molar-refractivity contribution < 1.29 is 15.2 Å². The van der Waals surface area contributed by atoms with Gasteiger partial charge in [-0.05, 0) is 19.4 Å². The van der Waals surface area contributed by atoms with Crippen molar-refractivity contribution in [3.8, 4) is 0 Å². The largest absolute Gasteiger partial charge is 0.540 e. The third kappa shape index (κ3) is 1.28. The van der Waals surface area contributed by atoms with Crippen LogP contribution in [-0.4, -0.2) is 12.0 Å². The van der Waals surface area contributed by atoms with Crippen LogP contribution in [0, 0.1) is 5.92 Å². The lowest BCUT2D eigenvalue weighted by Crippen LogP contribution is -2.87. The van der Waals surface area contributed by atoms with Crippen LogP contribution in [0.15, 0.2) is 11.3 Å². The van der Waals surface area contributed by atoms with E-state index in [0.29, 0.717) is 17.7 Å². The van der Waals surface area contributed by atoms with E-state index in [1.54, 1.807) is 5.32 Å². The Morgan fingerprint density at radius 1 is 1.55 bits per heavy atom. The van der Waals surface area contributed by atoms with E-state index in [1.165, 1.54) is 0 Å². The second-order valence-electron chi connectivity index (χ2n) is 3.20. The first-order valence-corrected chi connectivity index (χ1v) is 3.81.